The van der Waals surface area contributed by atoms with Crippen LogP contribution in [0.2, 0.25) is 5.02 Å². The number of ether oxygens (including phenoxy) is 1. The number of anilines is 1. The van der Waals surface area contributed by atoms with Gasteiger partial charge in [-0.1, -0.05) is 74.5 Å². The number of amides is 4. The third-order valence-corrected chi connectivity index (χ3v) is 7.34. The van der Waals surface area contributed by atoms with Crippen LogP contribution in [0.4, 0.5) is 10.5 Å². The van der Waals surface area contributed by atoms with E-state index < -0.39 is 47.9 Å². The number of para-hydroxylation sites is 1. The van der Waals surface area contributed by atoms with Crippen molar-refractivity contribution in [3.8, 4) is 0 Å². The molecule has 0 fully saturated rings. The normalized spacial score (nSPS) is 12.7. The van der Waals surface area contributed by atoms with Crippen molar-refractivity contribution in [3.05, 3.63) is 63.7 Å². The Morgan fingerprint density at radius 2 is 1.51 bits per heavy atom. The number of aryl methyl sites for hydroxylation is 3. The van der Waals surface area contributed by atoms with E-state index in [4.69, 9.17) is 22.1 Å². The maximum absolute atomic E-state index is 14.4. The van der Waals surface area contributed by atoms with E-state index in [1.165, 1.54) is 4.90 Å². The number of hydrogen-bond donors (Lipinski definition) is 3. The lowest BCUT2D eigenvalue weighted by Crippen LogP contribution is -2.54. The van der Waals surface area contributed by atoms with Crippen LogP contribution in [0, 0.1) is 20.8 Å². The van der Waals surface area contributed by atoms with Gasteiger partial charge in [-0.05, 0) is 76.3 Å². The summed E-state index contributed by atoms with van der Waals surface area (Å²) in [6.45, 7) is 13.0. The maximum atomic E-state index is 14.4. The summed E-state index contributed by atoms with van der Waals surface area (Å²) in [5.41, 5.74) is 8.17. The Morgan fingerprint density at radius 3 is 2.07 bits per heavy atom. The molecule has 4 N–H and O–H groups in total. The topological polar surface area (TPSA) is 131 Å². The summed E-state index contributed by atoms with van der Waals surface area (Å²) in [5, 5.41) is 5.86. The zero-order valence-corrected chi connectivity index (χ0v) is 27.3. The first kappa shape index (κ1) is 35.6. The van der Waals surface area contributed by atoms with E-state index in [1.54, 1.807) is 32.9 Å². The minimum atomic E-state index is -1.34. The Morgan fingerprint density at radius 1 is 0.930 bits per heavy atom. The summed E-state index contributed by atoms with van der Waals surface area (Å²) in [6.07, 6.45) is 3.19. The number of carbonyl (C=O) groups is 4. The van der Waals surface area contributed by atoms with Crippen LogP contribution in [-0.4, -0.2) is 46.9 Å². The number of nitrogens with one attached hydrogen (secondary N) is 2. The molecular formula is C33H47ClN4O5. The van der Waals surface area contributed by atoms with Crippen LogP contribution in [0.25, 0.3) is 0 Å². The highest BCUT2D eigenvalue weighted by molar-refractivity contribution is 6.34. The van der Waals surface area contributed by atoms with Crippen molar-refractivity contribution in [2.75, 3.05) is 11.9 Å². The zero-order valence-electron chi connectivity index (χ0n) is 26.5. The standard InChI is InChI=1S/C33H47ClN4O5/c1-8-9-10-11-12-19-38(31(41)25(20-26(35)39)36-32(42)43-33(5,6)7)29(27-21(2)15-13-16-22(27)3)30(40)37-28-23(4)17-14-18-24(28)34/h13-18,25,29H,8-12,19-20H2,1-7H3,(H2,35,39)(H,36,42)(H,37,40). The predicted octanol–water partition coefficient (Wildman–Crippen LogP) is 6.51. The van der Waals surface area contributed by atoms with Crippen molar-refractivity contribution in [1.82, 2.24) is 10.2 Å². The van der Waals surface area contributed by atoms with E-state index in [1.807, 2.05) is 45.0 Å². The van der Waals surface area contributed by atoms with E-state index in [2.05, 4.69) is 17.6 Å². The van der Waals surface area contributed by atoms with Gasteiger partial charge in [0.1, 0.15) is 17.7 Å². The molecule has 0 saturated carbocycles. The van der Waals surface area contributed by atoms with Gasteiger partial charge in [0.25, 0.3) is 5.91 Å². The monoisotopic (exact) mass is 614 g/mol. The average molecular weight is 615 g/mol. The second-order valence-corrected chi connectivity index (χ2v) is 12.4. The molecule has 0 saturated heterocycles. The zero-order chi connectivity index (χ0) is 32.3. The lowest BCUT2D eigenvalue weighted by molar-refractivity contribution is -0.142. The highest BCUT2D eigenvalue weighted by atomic mass is 35.5. The second-order valence-electron chi connectivity index (χ2n) is 11.9. The highest BCUT2D eigenvalue weighted by Crippen LogP contribution is 2.32. The Balaban J connectivity index is 2.65. The van der Waals surface area contributed by atoms with Gasteiger partial charge in [0.05, 0.1) is 17.1 Å². The molecule has 2 aromatic carbocycles. The molecule has 0 spiro atoms. The molecule has 43 heavy (non-hydrogen) atoms. The summed E-state index contributed by atoms with van der Waals surface area (Å²) < 4.78 is 5.37. The van der Waals surface area contributed by atoms with Crippen molar-refractivity contribution in [2.45, 2.75) is 105 Å². The summed E-state index contributed by atoms with van der Waals surface area (Å²) in [7, 11) is 0. The maximum Gasteiger partial charge on any atom is 0.408 e. The number of rotatable bonds is 14. The van der Waals surface area contributed by atoms with Gasteiger partial charge in [-0.15, -0.1) is 0 Å². The SMILES string of the molecule is CCCCCCCN(C(=O)C(CC(N)=O)NC(=O)OC(C)(C)C)C(C(=O)Nc1c(C)cccc1Cl)c1c(C)cccc1C. The smallest absolute Gasteiger partial charge is 0.408 e. The summed E-state index contributed by atoms with van der Waals surface area (Å²) in [4.78, 5) is 55.0. The Kier molecular flexibility index (Phi) is 13.5. The Hall–Kier alpha value is -3.59. The van der Waals surface area contributed by atoms with Gasteiger partial charge in [0.15, 0.2) is 0 Å². The van der Waals surface area contributed by atoms with Crippen molar-refractivity contribution < 1.29 is 23.9 Å². The Bertz CT molecular complexity index is 1250. The molecule has 2 rings (SSSR count). The van der Waals surface area contributed by atoms with Crippen LogP contribution in [0.15, 0.2) is 36.4 Å². The second kappa shape index (κ2) is 16.3. The van der Waals surface area contributed by atoms with E-state index in [9.17, 15) is 19.2 Å². The van der Waals surface area contributed by atoms with Crippen LogP contribution >= 0.6 is 11.6 Å². The van der Waals surface area contributed by atoms with E-state index in [0.717, 1.165) is 42.4 Å². The summed E-state index contributed by atoms with van der Waals surface area (Å²) >= 11 is 6.47. The number of nitrogens with two attached hydrogens (primary N) is 1. The fourth-order valence-electron chi connectivity index (χ4n) is 4.97. The van der Waals surface area contributed by atoms with Crippen LogP contribution < -0.4 is 16.4 Å². The van der Waals surface area contributed by atoms with Gasteiger partial charge < -0.3 is 26.0 Å². The number of halogens is 1. The number of alkyl carbamates (subject to hydrolysis) is 1. The molecule has 10 heteroatoms. The molecule has 4 amide bonds. The van der Waals surface area contributed by atoms with E-state index in [-0.39, 0.29) is 6.54 Å². The first-order chi connectivity index (χ1) is 20.2. The molecule has 0 heterocycles. The highest BCUT2D eigenvalue weighted by Gasteiger charge is 2.38. The number of hydrogen-bond acceptors (Lipinski definition) is 5. The van der Waals surface area contributed by atoms with Crippen molar-refractivity contribution in [3.63, 3.8) is 0 Å². The van der Waals surface area contributed by atoms with Crippen LogP contribution in [-0.2, 0) is 19.1 Å². The molecule has 0 aliphatic rings. The quantitative estimate of drug-likeness (QED) is 0.209. The fraction of sp³-hybridized carbons (Fsp3) is 0.515. The number of benzene rings is 2. The van der Waals surface area contributed by atoms with Crippen LogP contribution in [0.3, 0.4) is 0 Å². The van der Waals surface area contributed by atoms with Gasteiger partial charge in [-0.2, -0.15) is 0 Å². The van der Waals surface area contributed by atoms with Gasteiger partial charge in [-0.25, -0.2) is 4.79 Å². The first-order valence-electron chi connectivity index (χ1n) is 14.9. The molecule has 236 valence electrons. The molecule has 0 aliphatic heterocycles. The third-order valence-electron chi connectivity index (χ3n) is 7.03. The molecule has 2 atom stereocenters. The molecule has 0 aromatic heterocycles. The van der Waals surface area contributed by atoms with Crippen LogP contribution in [0.5, 0.6) is 0 Å². The molecule has 9 nitrogen and oxygen atoms in total. The fourth-order valence-corrected chi connectivity index (χ4v) is 5.24. The van der Waals surface area contributed by atoms with Crippen LogP contribution in [0.1, 0.15) is 94.5 Å². The van der Waals surface area contributed by atoms with Gasteiger partial charge in [0, 0.05) is 6.54 Å². The predicted molar refractivity (Wildman–Crippen MR) is 171 cm³/mol. The largest absolute Gasteiger partial charge is 0.444 e. The molecule has 2 unspecified atom stereocenters. The van der Waals surface area contributed by atoms with Gasteiger partial charge in [-0.3, -0.25) is 14.4 Å². The lowest BCUT2D eigenvalue weighted by atomic mass is 9.93. The molecule has 0 radical (unpaired) electrons. The van der Waals surface area contributed by atoms with Crippen molar-refractivity contribution >= 4 is 41.1 Å². The third kappa shape index (κ3) is 10.9. The van der Waals surface area contributed by atoms with Crippen molar-refractivity contribution in [2.24, 2.45) is 5.73 Å². The number of unbranched alkanes of at least 4 members (excludes halogenated alkanes) is 4. The first-order valence-corrected chi connectivity index (χ1v) is 15.2. The minimum Gasteiger partial charge on any atom is -0.444 e. The Labute approximate surface area is 260 Å². The lowest BCUT2D eigenvalue weighted by Gasteiger charge is -2.36. The van der Waals surface area contributed by atoms with Gasteiger partial charge in [0.2, 0.25) is 11.8 Å². The molecular weight excluding hydrogens is 568 g/mol. The molecule has 0 aliphatic carbocycles. The summed E-state index contributed by atoms with van der Waals surface area (Å²) in [6, 6.07) is 8.52. The number of nitrogens with zero attached hydrogens (tertiary/aromatic N) is 1. The number of carbonyl (C=O) groups excluding carboxylic acids is 4. The minimum absolute atomic E-state index is 0.209. The van der Waals surface area contributed by atoms with Crippen molar-refractivity contribution in [1.29, 1.82) is 0 Å². The van der Waals surface area contributed by atoms with Gasteiger partial charge >= 0.3 is 6.09 Å². The molecule has 0 bridgehead atoms. The van der Waals surface area contributed by atoms with E-state index >= 15 is 0 Å². The number of primary amides is 1. The average Bonchev–Trinajstić information content (AvgIpc) is 2.89. The van der Waals surface area contributed by atoms with E-state index in [0.29, 0.717) is 22.7 Å². The summed E-state index contributed by atoms with van der Waals surface area (Å²) in [5.74, 6) is -1.86. The molecule has 2 aromatic rings.